The van der Waals surface area contributed by atoms with Crippen LogP contribution < -0.4 is 0 Å². The third kappa shape index (κ3) is 4.07. The molecule has 1 aliphatic heterocycles. The van der Waals surface area contributed by atoms with E-state index in [9.17, 15) is 5.11 Å². The molecule has 2 aromatic rings. The number of ether oxygens (including phenoxy) is 1. The minimum Gasteiger partial charge on any atom is -0.461 e. The number of nitrogens with zero attached hydrogens (tertiary/aromatic N) is 1. The van der Waals surface area contributed by atoms with Gasteiger partial charge in [0.15, 0.2) is 0 Å². The quantitative estimate of drug-likeness (QED) is 0.881. The summed E-state index contributed by atoms with van der Waals surface area (Å²) >= 11 is 0. The number of hydrogen-bond acceptors (Lipinski definition) is 4. The molecule has 1 aromatic heterocycles. The van der Waals surface area contributed by atoms with Gasteiger partial charge in [-0.05, 0) is 50.6 Å². The van der Waals surface area contributed by atoms with Crippen LogP contribution in [-0.2, 0) is 11.3 Å². The zero-order valence-electron chi connectivity index (χ0n) is 14.6. The molecule has 3 rings (SSSR count). The Bertz CT molecular complexity index is 658. The van der Waals surface area contributed by atoms with E-state index in [4.69, 9.17) is 9.15 Å². The lowest BCUT2D eigenvalue weighted by molar-refractivity contribution is -0.0318. The number of benzene rings is 1. The summed E-state index contributed by atoms with van der Waals surface area (Å²) in [6.45, 7) is 5.44. The van der Waals surface area contributed by atoms with Crippen LogP contribution in [0.1, 0.15) is 24.2 Å². The summed E-state index contributed by atoms with van der Waals surface area (Å²) in [5.41, 5.74) is 2.34. The van der Waals surface area contributed by atoms with Gasteiger partial charge in [-0.1, -0.05) is 18.2 Å². The largest absolute Gasteiger partial charge is 0.461 e. The average molecular weight is 329 g/mol. The number of aryl methyl sites for hydroxylation is 1. The summed E-state index contributed by atoms with van der Waals surface area (Å²) in [5.74, 6) is 1.84. The first kappa shape index (κ1) is 17.2. The van der Waals surface area contributed by atoms with Gasteiger partial charge in [0.25, 0.3) is 0 Å². The van der Waals surface area contributed by atoms with E-state index in [1.807, 2.05) is 19.1 Å². The Kier molecular flexibility index (Phi) is 5.39. The van der Waals surface area contributed by atoms with Crippen molar-refractivity contribution in [2.24, 2.45) is 5.41 Å². The van der Waals surface area contributed by atoms with Crippen molar-refractivity contribution >= 4 is 0 Å². The monoisotopic (exact) mass is 329 g/mol. The van der Waals surface area contributed by atoms with E-state index < -0.39 is 0 Å². The van der Waals surface area contributed by atoms with Gasteiger partial charge in [0, 0.05) is 37.3 Å². The maximum atomic E-state index is 9.86. The van der Waals surface area contributed by atoms with Gasteiger partial charge in [0.1, 0.15) is 11.5 Å². The van der Waals surface area contributed by atoms with E-state index in [1.165, 1.54) is 5.56 Å². The fourth-order valence-electron chi connectivity index (χ4n) is 3.52. The molecular formula is C20H27NO3. The summed E-state index contributed by atoms with van der Waals surface area (Å²) in [6, 6.07) is 12.5. The highest BCUT2D eigenvalue weighted by Crippen LogP contribution is 2.31. The van der Waals surface area contributed by atoms with Crippen molar-refractivity contribution in [2.45, 2.75) is 26.3 Å². The van der Waals surface area contributed by atoms with Crippen LogP contribution in [0.4, 0.5) is 0 Å². The number of aliphatic hydroxyl groups excluding tert-OH is 1. The Balaban J connectivity index is 1.67. The Morgan fingerprint density at radius 2 is 1.96 bits per heavy atom. The summed E-state index contributed by atoms with van der Waals surface area (Å²) < 4.78 is 11.2. The molecule has 24 heavy (non-hydrogen) atoms. The minimum atomic E-state index is -0.0251. The molecular weight excluding hydrogens is 302 g/mol. The molecule has 130 valence electrons. The van der Waals surface area contributed by atoms with Gasteiger partial charge in [-0.25, -0.2) is 0 Å². The molecule has 0 atom stereocenters. The Labute approximate surface area is 144 Å². The van der Waals surface area contributed by atoms with Crippen LogP contribution >= 0.6 is 0 Å². The second-order valence-corrected chi connectivity index (χ2v) is 7.05. The molecule has 0 radical (unpaired) electrons. The highest BCUT2D eigenvalue weighted by Gasteiger charge is 2.33. The first-order chi connectivity index (χ1) is 11.6. The van der Waals surface area contributed by atoms with Crippen molar-refractivity contribution in [3.05, 3.63) is 47.7 Å². The molecule has 0 spiro atoms. The lowest BCUT2D eigenvalue weighted by Crippen LogP contribution is -2.42. The third-order valence-electron chi connectivity index (χ3n) is 4.90. The van der Waals surface area contributed by atoms with Gasteiger partial charge in [-0.15, -0.1) is 0 Å². The zero-order valence-corrected chi connectivity index (χ0v) is 14.6. The summed E-state index contributed by atoms with van der Waals surface area (Å²) in [6.07, 6.45) is 1.86. The predicted molar refractivity (Wildman–Crippen MR) is 94.8 cm³/mol. The number of furan rings is 1. The lowest BCUT2D eigenvalue weighted by atomic mass is 9.80. The molecule has 1 saturated heterocycles. The second-order valence-electron chi connectivity index (χ2n) is 7.05. The van der Waals surface area contributed by atoms with Gasteiger partial charge < -0.3 is 19.2 Å². The first-order valence-corrected chi connectivity index (χ1v) is 8.63. The minimum absolute atomic E-state index is 0.0251. The topological polar surface area (TPSA) is 45.8 Å². The van der Waals surface area contributed by atoms with E-state index in [0.717, 1.165) is 56.2 Å². The van der Waals surface area contributed by atoms with Gasteiger partial charge in [0.05, 0.1) is 6.61 Å². The third-order valence-corrected chi connectivity index (χ3v) is 4.90. The number of aliphatic hydroxyl groups is 1. The summed E-state index contributed by atoms with van der Waals surface area (Å²) in [4.78, 5) is 2.30. The Hall–Kier alpha value is -1.62. The summed E-state index contributed by atoms with van der Waals surface area (Å²) in [7, 11) is 2.12. The smallest absolute Gasteiger partial charge is 0.134 e. The second kappa shape index (κ2) is 7.51. The molecule has 0 amide bonds. The highest BCUT2D eigenvalue weighted by molar-refractivity contribution is 5.58. The molecule has 0 unspecified atom stereocenters. The molecule has 1 aromatic carbocycles. The number of rotatable bonds is 6. The molecule has 2 heterocycles. The molecule has 4 heteroatoms. The van der Waals surface area contributed by atoms with E-state index in [1.54, 1.807) is 0 Å². The van der Waals surface area contributed by atoms with Crippen molar-refractivity contribution in [1.29, 1.82) is 0 Å². The van der Waals surface area contributed by atoms with Crippen molar-refractivity contribution in [3.63, 3.8) is 0 Å². The molecule has 0 bridgehead atoms. The van der Waals surface area contributed by atoms with Crippen LogP contribution in [0.25, 0.3) is 11.3 Å². The highest BCUT2D eigenvalue weighted by atomic mass is 16.5. The van der Waals surface area contributed by atoms with E-state index in [0.29, 0.717) is 0 Å². The first-order valence-electron chi connectivity index (χ1n) is 8.63. The summed E-state index contributed by atoms with van der Waals surface area (Å²) in [5, 5.41) is 9.86. The molecule has 1 N–H and O–H groups in total. The molecule has 1 aliphatic rings. The van der Waals surface area contributed by atoms with Gasteiger partial charge in [0.2, 0.25) is 0 Å². The van der Waals surface area contributed by atoms with Crippen LogP contribution in [0.15, 0.2) is 40.8 Å². The maximum Gasteiger partial charge on any atom is 0.134 e. The Morgan fingerprint density at radius 1 is 1.17 bits per heavy atom. The van der Waals surface area contributed by atoms with E-state index in [2.05, 4.69) is 36.2 Å². The van der Waals surface area contributed by atoms with Crippen LogP contribution in [0.5, 0.6) is 0 Å². The SMILES string of the molecule is Cc1ccc(-c2cccc(CN(C)CC3(CO)CCOCC3)c2)o1. The van der Waals surface area contributed by atoms with Crippen molar-refractivity contribution in [3.8, 4) is 11.3 Å². The molecule has 0 saturated carbocycles. The average Bonchev–Trinajstić information content (AvgIpc) is 3.02. The molecule has 0 aliphatic carbocycles. The van der Waals surface area contributed by atoms with Crippen LogP contribution in [0.3, 0.4) is 0 Å². The van der Waals surface area contributed by atoms with Crippen molar-refractivity contribution < 1.29 is 14.3 Å². The predicted octanol–water partition coefficient (Wildman–Crippen LogP) is 3.48. The van der Waals surface area contributed by atoms with Crippen LogP contribution in [0, 0.1) is 12.3 Å². The van der Waals surface area contributed by atoms with Crippen LogP contribution in [0.2, 0.25) is 0 Å². The van der Waals surface area contributed by atoms with Crippen molar-refractivity contribution in [2.75, 3.05) is 33.4 Å². The standard InChI is InChI=1S/C20H27NO3/c1-16-6-7-19(24-16)18-5-3-4-17(12-18)13-21(2)14-20(15-22)8-10-23-11-9-20/h3-7,12,22H,8-11,13-15H2,1-2H3. The van der Waals surface area contributed by atoms with Crippen molar-refractivity contribution in [1.82, 2.24) is 4.90 Å². The molecule has 4 nitrogen and oxygen atoms in total. The number of hydrogen-bond donors (Lipinski definition) is 1. The normalized spacial score (nSPS) is 17.3. The van der Waals surface area contributed by atoms with E-state index >= 15 is 0 Å². The van der Waals surface area contributed by atoms with Gasteiger partial charge in [-0.3, -0.25) is 0 Å². The van der Waals surface area contributed by atoms with Gasteiger partial charge in [-0.2, -0.15) is 0 Å². The maximum absolute atomic E-state index is 9.86. The zero-order chi connectivity index (χ0) is 17.0. The van der Waals surface area contributed by atoms with Gasteiger partial charge >= 0.3 is 0 Å². The lowest BCUT2D eigenvalue weighted by Gasteiger charge is -2.38. The van der Waals surface area contributed by atoms with E-state index in [-0.39, 0.29) is 12.0 Å². The fourth-order valence-corrected chi connectivity index (χ4v) is 3.52. The fraction of sp³-hybridized carbons (Fsp3) is 0.500. The van der Waals surface area contributed by atoms with Crippen LogP contribution in [-0.4, -0.2) is 43.4 Å². The Morgan fingerprint density at radius 3 is 2.62 bits per heavy atom. The molecule has 1 fully saturated rings.